The maximum atomic E-state index is 6.02. The lowest BCUT2D eigenvalue weighted by Crippen LogP contribution is -2.04. The number of hydrogen-bond donors (Lipinski definition) is 2. The molecule has 6 nitrogen and oxygen atoms in total. The predicted molar refractivity (Wildman–Crippen MR) is 81.2 cm³/mol. The van der Waals surface area contributed by atoms with Crippen LogP contribution in [0.4, 0.5) is 23.1 Å². The molecule has 0 amide bonds. The number of rotatable bonds is 4. The summed E-state index contributed by atoms with van der Waals surface area (Å²) < 4.78 is 0. The molecule has 0 saturated heterocycles. The van der Waals surface area contributed by atoms with E-state index in [9.17, 15) is 0 Å². The van der Waals surface area contributed by atoms with Gasteiger partial charge in [-0.15, -0.1) is 5.11 Å². The third-order valence-corrected chi connectivity index (χ3v) is 2.81. The third kappa shape index (κ3) is 3.55. The fourth-order valence-electron chi connectivity index (χ4n) is 1.44. The zero-order valence-electron chi connectivity index (χ0n) is 10.6. The topological polar surface area (TPSA) is 88.5 Å². The minimum Gasteiger partial charge on any atom is -0.368 e. The van der Waals surface area contributed by atoms with Gasteiger partial charge < -0.3 is 11.1 Å². The number of nitrogens with two attached hydrogens (primary N) is 1. The van der Waals surface area contributed by atoms with Crippen molar-refractivity contribution in [2.75, 3.05) is 17.6 Å². The Hall–Kier alpha value is -1.92. The number of benzene rings is 1. The quantitative estimate of drug-likeness (QED) is 0.654. The van der Waals surface area contributed by atoms with E-state index >= 15 is 0 Å². The van der Waals surface area contributed by atoms with E-state index in [1.165, 1.54) is 0 Å². The van der Waals surface area contributed by atoms with E-state index in [2.05, 4.69) is 25.5 Å². The molecule has 2 rings (SSSR count). The molecule has 0 spiro atoms. The van der Waals surface area contributed by atoms with E-state index in [-0.39, 0.29) is 11.1 Å². The van der Waals surface area contributed by atoms with Crippen LogP contribution in [-0.2, 0) is 0 Å². The van der Waals surface area contributed by atoms with Gasteiger partial charge in [0.15, 0.2) is 16.7 Å². The maximum Gasteiger partial charge on any atom is 0.223 e. The molecular formula is C12H12Cl2N6. The first-order chi connectivity index (χ1) is 9.60. The second-order valence-corrected chi connectivity index (χ2v) is 4.57. The first-order valence-electron chi connectivity index (χ1n) is 5.84. The van der Waals surface area contributed by atoms with Crippen molar-refractivity contribution in [2.45, 2.75) is 6.92 Å². The monoisotopic (exact) mass is 310 g/mol. The first kappa shape index (κ1) is 14.5. The third-order valence-electron chi connectivity index (χ3n) is 2.30. The lowest BCUT2D eigenvalue weighted by molar-refractivity contribution is 1.09. The van der Waals surface area contributed by atoms with Crippen LogP contribution in [0.3, 0.4) is 0 Å². The fourth-order valence-corrected chi connectivity index (χ4v) is 1.78. The van der Waals surface area contributed by atoms with Crippen LogP contribution in [0.15, 0.2) is 34.5 Å². The number of nitrogen functional groups attached to an aromatic ring is 1. The van der Waals surface area contributed by atoms with Gasteiger partial charge in [-0.3, -0.25) is 0 Å². The number of azo groups is 1. The van der Waals surface area contributed by atoms with Crippen LogP contribution in [0, 0.1) is 0 Å². The van der Waals surface area contributed by atoms with Crippen molar-refractivity contribution >= 4 is 46.3 Å². The molecule has 0 aliphatic carbocycles. The Labute approximate surface area is 126 Å². The molecule has 0 bridgehead atoms. The van der Waals surface area contributed by atoms with Crippen LogP contribution in [0.5, 0.6) is 0 Å². The molecule has 0 unspecified atom stereocenters. The van der Waals surface area contributed by atoms with Crippen LogP contribution in [0.25, 0.3) is 0 Å². The van der Waals surface area contributed by atoms with Crippen molar-refractivity contribution < 1.29 is 0 Å². The van der Waals surface area contributed by atoms with Crippen molar-refractivity contribution in [3.63, 3.8) is 0 Å². The minimum absolute atomic E-state index is 0.0800. The molecule has 0 saturated carbocycles. The van der Waals surface area contributed by atoms with Gasteiger partial charge in [0.2, 0.25) is 5.95 Å². The number of hydrogen-bond acceptors (Lipinski definition) is 6. The number of anilines is 2. The maximum absolute atomic E-state index is 6.02. The van der Waals surface area contributed by atoms with Crippen molar-refractivity contribution in [3.8, 4) is 0 Å². The molecule has 3 N–H and O–H groups in total. The van der Waals surface area contributed by atoms with Gasteiger partial charge in [0.25, 0.3) is 0 Å². The summed E-state index contributed by atoms with van der Waals surface area (Å²) in [6.07, 6.45) is 0. The Morgan fingerprint density at radius 3 is 2.50 bits per heavy atom. The van der Waals surface area contributed by atoms with Gasteiger partial charge in [0.05, 0.1) is 5.69 Å². The van der Waals surface area contributed by atoms with E-state index in [0.29, 0.717) is 28.8 Å². The van der Waals surface area contributed by atoms with Crippen LogP contribution in [0.1, 0.15) is 6.92 Å². The van der Waals surface area contributed by atoms with E-state index < -0.39 is 0 Å². The van der Waals surface area contributed by atoms with Gasteiger partial charge in [-0.2, -0.15) is 15.1 Å². The smallest absolute Gasteiger partial charge is 0.223 e. The largest absolute Gasteiger partial charge is 0.368 e. The summed E-state index contributed by atoms with van der Waals surface area (Å²) in [6.45, 7) is 2.57. The summed E-state index contributed by atoms with van der Waals surface area (Å²) in [5.74, 6) is 0.527. The highest BCUT2D eigenvalue weighted by molar-refractivity contribution is 6.32. The highest BCUT2D eigenvalue weighted by Crippen LogP contribution is 2.32. The SMILES string of the molecule is CCNc1nc(N)nc(Cl)c1N=Nc1ccc(Cl)cc1. The van der Waals surface area contributed by atoms with Gasteiger partial charge in [-0.25, -0.2) is 0 Å². The average Bonchev–Trinajstić information content (AvgIpc) is 2.40. The Bertz CT molecular complexity index is 627. The molecule has 0 atom stereocenters. The van der Waals surface area contributed by atoms with E-state index in [4.69, 9.17) is 28.9 Å². The van der Waals surface area contributed by atoms with E-state index in [0.717, 1.165) is 0 Å². The normalized spacial score (nSPS) is 10.9. The van der Waals surface area contributed by atoms with Crippen LogP contribution >= 0.6 is 23.2 Å². The summed E-state index contributed by atoms with van der Waals surface area (Å²) in [5.41, 5.74) is 6.54. The molecule has 0 fully saturated rings. The van der Waals surface area contributed by atoms with Gasteiger partial charge >= 0.3 is 0 Å². The highest BCUT2D eigenvalue weighted by Gasteiger charge is 2.11. The molecule has 0 radical (unpaired) electrons. The lowest BCUT2D eigenvalue weighted by Gasteiger charge is -2.07. The standard InChI is InChI=1S/C12H12Cl2N6/c1-2-16-11-9(10(14)17-12(15)18-11)20-19-8-5-3-7(13)4-6-8/h3-6H,2H2,1H3,(H3,15,16,17,18). The first-order valence-corrected chi connectivity index (χ1v) is 6.60. The van der Waals surface area contributed by atoms with Gasteiger partial charge in [-0.05, 0) is 31.2 Å². The van der Waals surface area contributed by atoms with Crippen molar-refractivity contribution in [2.24, 2.45) is 10.2 Å². The molecule has 20 heavy (non-hydrogen) atoms. The summed E-state index contributed by atoms with van der Waals surface area (Å²) in [6, 6.07) is 6.93. The van der Waals surface area contributed by atoms with Gasteiger partial charge in [-0.1, -0.05) is 23.2 Å². The van der Waals surface area contributed by atoms with Crippen LogP contribution in [0.2, 0.25) is 10.2 Å². The zero-order valence-corrected chi connectivity index (χ0v) is 12.2. The van der Waals surface area contributed by atoms with Crippen molar-refractivity contribution in [3.05, 3.63) is 34.4 Å². The van der Waals surface area contributed by atoms with Crippen molar-refractivity contribution in [1.29, 1.82) is 0 Å². The zero-order chi connectivity index (χ0) is 14.5. The van der Waals surface area contributed by atoms with Gasteiger partial charge in [0.1, 0.15) is 0 Å². The van der Waals surface area contributed by atoms with Crippen LogP contribution < -0.4 is 11.1 Å². The Morgan fingerprint density at radius 1 is 1.15 bits per heavy atom. The van der Waals surface area contributed by atoms with Crippen molar-refractivity contribution in [1.82, 2.24) is 9.97 Å². The Balaban J connectivity index is 2.34. The highest BCUT2D eigenvalue weighted by atomic mass is 35.5. The summed E-state index contributed by atoms with van der Waals surface area (Å²) in [4.78, 5) is 7.91. The van der Waals surface area contributed by atoms with E-state index in [1.54, 1.807) is 24.3 Å². The molecule has 8 heteroatoms. The summed E-state index contributed by atoms with van der Waals surface area (Å²) >= 11 is 11.8. The molecule has 1 heterocycles. The minimum atomic E-state index is 0.0800. The molecule has 1 aromatic carbocycles. The molecule has 104 valence electrons. The second-order valence-electron chi connectivity index (χ2n) is 3.78. The lowest BCUT2D eigenvalue weighted by atomic mass is 10.3. The number of halogens is 2. The second kappa shape index (κ2) is 6.49. The predicted octanol–water partition coefficient (Wildman–Crippen LogP) is 4.21. The molecule has 0 aliphatic heterocycles. The molecular weight excluding hydrogens is 299 g/mol. The van der Waals surface area contributed by atoms with Crippen LogP contribution in [-0.4, -0.2) is 16.5 Å². The van der Waals surface area contributed by atoms with Gasteiger partial charge in [0, 0.05) is 11.6 Å². The molecule has 0 aliphatic rings. The summed E-state index contributed by atoms with van der Waals surface area (Å²) in [5, 5.41) is 11.9. The summed E-state index contributed by atoms with van der Waals surface area (Å²) in [7, 11) is 0. The average molecular weight is 311 g/mol. The number of aromatic nitrogens is 2. The van der Waals surface area contributed by atoms with E-state index in [1.807, 2.05) is 6.92 Å². The molecule has 2 aromatic rings. The Morgan fingerprint density at radius 2 is 1.85 bits per heavy atom. The molecule has 1 aromatic heterocycles. The number of nitrogens with zero attached hydrogens (tertiary/aromatic N) is 4. The Kier molecular flexibility index (Phi) is 4.70. The fraction of sp³-hybridized carbons (Fsp3) is 0.167. The number of nitrogens with one attached hydrogen (secondary N) is 1.